The molecule has 0 saturated carbocycles. The molecule has 0 aliphatic rings. The molecule has 0 unspecified atom stereocenters. The summed E-state index contributed by atoms with van der Waals surface area (Å²) in [6.45, 7) is 2.69. The van der Waals surface area contributed by atoms with E-state index >= 15 is 0 Å². The van der Waals surface area contributed by atoms with Gasteiger partial charge in [0.05, 0.1) is 25.6 Å². The zero-order chi connectivity index (χ0) is 12.6. The van der Waals surface area contributed by atoms with Crippen LogP contribution in [0.3, 0.4) is 0 Å². The Morgan fingerprint density at radius 1 is 0.944 bits per heavy atom. The minimum atomic E-state index is 0.245. The Morgan fingerprint density at radius 2 is 1.56 bits per heavy atom. The van der Waals surface area contributed by atoms with Gasteiger partial charge in [0.15, 0.2) is 0 Å². The predicted molar refractivity (Wildman–Crippen MR) is 67.8 cm³/mol. The van der Waals surface area contributed by atoms with Gasteiger partial charge >= 0.3 is 0 Å². The maximum absolute atomic E-state index is 8.84. The molecule has 2 aromatic rings. The lowest BCUT2D eigenvalue weighted by atomic mass is 10.2. The highest BCUT2D eigenvalue weighted by molar-refractivity contribution is 5.01. The average molecular weight is 249 g/mol. The van der Waals surface area contributed by atoms with Crippen LogP contribution in [0.4, 0.5) is 0 Å². The fraction of sp³-hybridized carbons (Fsp3) is 0.429. The number of hydrogen-bond donors (Lipinski definition) is 1. The van der Waals surface area contributed by atoms with Crippen LogP contribution in [-0.2, 0) is 13.1 Å². The molecule has 0 amide bonds. The van der Waals surface area contributed by atoms with Gasteiger partial charge in [0, 0.05) is 6.61 Å². The molecule has 1 N–H and O–H groups in total. The van der Waals surface area contributed by atoms with Crippen LogP contribution in [-0.4, -0.2) is 23.2 Å². The first-order valence-corrected chi connectivity index (χ1v) is 6.26. The summed E-state index contributed by atoms with van der Waals surface area (Å²) in [5.74, 6) is 1.90. The third-order valence-corrected chi connectivity index (χ3v) is 2.80. The van der Waals surface area contributed by atoms with Crippen LogP contribution >= 0.6 is 0 Å². The third-order valence-electron chi connectivity index (χ3n) is 2.80. The summed E-state index contributed by atoms with van der Waals surface area (Å²) in [5.41, 5.74) is 0. The zero-order valence-electron chi connectivity index (χ0n) is 10.4. The Hall–Kier alpha value is -1.52. The van der Waals surface area contributed by atoms with Gasteiger partial charge in [-0.05, 0) is 43.7 Å². The van der Waals surface area contributed by atoms with Crippen molar-refractivity contribution in [2.45, 2.75) is 25.9 Å². The molecule has 2 heterocycles. The topological polar surface area (TPSA) is 49.8 Å². The molecular formula is C14H19NO3. The Labute approximate surface area is 107 Å². The van der Waals surface area contributed by atoms with Crippen molar-refractivity contribution >= 4 is 0 Å². The molecule has 0 aliphatic heterocycles. The van der Waals surface area contributed by atoms with Crippen molar-refractivity contribution in [1.82, 2.24) is 4.90 Å². The first-order valence-electron chi connectivity index (χ1n) is 6.26. The van der Waals surface area contributed by atoms with Gasteiger partial charge in [-0.15, -0.1) is 0 Å². The van der Waals surface area contributed by atoms with E-state index in [1.807, 2.05) is 24.3 Å². The van der Waals surface area contributed by atoms with Gasteiger partial charge in [-0.2, -0.15) is 0 Å². The second kappa shape index (κ2) is 7.03. The lowest BCUT2D eigenvalue weighted by Gasteiger charge is -2.19. The molecule has 4 heteroatoms. The van der Waals surface area contributed by atoms with Gasteiger partial charge in [-0.25, -0.2) is 0 Å². The van der Waals surface area contributed by atoms with Crippen LogP contribution in [0.25, 0.3) is 0 Å². The number of unbranched alkanes of at least 4 members (excludes halogenated alkanes) is 1. The molecule has 0 aliphatic carbocycles. The summed E-state index contributed by atoms with van der Waals surface area (Å²) in [6.07, 6.45) is 5.17. The quantitative estimate of drug-likeness (QED) is 0.731. The molecule has 0 aromatic carbocycles. The summed E-state index contributed by atoms with van der Waals surface area (Å²) in [7, 11) is 0. The second-order valence-electron chi connectivity index (χ2n) is 4.30. The highest BCUT2D eigenvalue weighted by Crippen LogP contribution is 2.11. The average Bonchev–Trinajstić information content (AvgIpc) is 3.02. The number of rotatable bonds is 8. The number of nitrogens with zero attached hydrogens (tertiary/aromatic N) is 1. The highest BCUT2D eigenvalue weighted by atomic mass is 16.3. The van der Waals surface area contributed by atoms with Gasteiger partial charge < -0.3 is 13.9 Å². The van der Waals surface area contributed by atoms with Gasteiger partial charge in [0.25, 0.3) is 0 Å². The lowest BCUT2D eigenvalue weighted by molar-refractivity contribution is 0.203. The van der Waals surface area contributed by atoms with E-state index in [1.54, 1.807) is 12.5 Å². The highest BCUT2D eigenvalue weighted by Gasteiger charge is 2.10. The van der Waals surface area contributed by atoms with Gasteiger partial charge in [-0.1, -0.05) is 0 Å². The number of furan rings is 2. The predicted octanol–water partition coefficient (Wildman–Crippen LogP) is 2.65. The van der Waals surface area contributed by atoms with Crippen molar-refractivity contribution in [3.05, 3.63) is 48.3 Å². The van der Waals surface area contributed by atoms with Crippen molar-refractivity contribution in [2.24, 2.45) is 0 Å². The summed E-state index contributed by atoms with van der Waals surface area (Å²) in [6, 6.07) is 7.74. The van der Waals surface area contributed by atoms with Gasteiger partial charge in [0.2, 0.25) is 0 Å². The molecule has 0 spiro atoms. The van der Waals surface area contributed by atoms with E-state index < -0.39 is 0 Å². The summed E-state index contributed by atoms with van der Waals surface area (Å²) in [5, 5.41) is 8.84. The molecule has 0 fully saturated rings. The molecule has 0 radical (unpaired) electrons. The van der Waals surface area contributed by atoms with Crippen LogP contribution in [0.1, 0.15) is 24.4 Å². The van der Waals surface area contributed by atoms with Crippen LogP contribution in [0.2, 0.25) is 0 Å². The van der Waals surface area contributed by atoms with Crippen LogP contribution < -0.4 is 0 Å². The van der Waals surface area contributed by atoms with Crippen molar-refractivity contribution in [2.75, 3.05) is 13.2 Å². The lowest BCUT2D eigenvalue weighted by Crippen LogP contribution is -2.23. The minimum Gasteiger partial charge on any atom is -0.468 e. The third kappa shape index (κ3) is 4.05. The monoisotopic (exact) mass is 249 g/mol. The smallest absolute Gasteiger partial charge is 0.117 e. The summed E-state index contributed by atoms with van der Waals surface area (Å²) >= 11 is 0. The molecule has 98 valence electrons. The van der Waals surface area contributed by atoms with Crippen molar-refractivity contribution in [3.8, 4) is 0 Å². The number of hydrogen-bond acceptors (Lipinski definition) is 4. The van der Waals surface area contributed by atoms with E-state index in [0.717, 1.165) is 44.0 Å². The van der Waals surface area contributed by atoms with Gasteiger partial charge in [-0.3, -0.25) is 4.90 Å². The molecule has 2 rings (SSSR count). The van der Waals surface area contributed by atoms with E-state index in [9.17, 15) is 0 Å². The second-order valence-corrected chi connectivity index (χ2v) is 4.30. The van der Waals surface area contributed by atoms with E-state index in [-0.39, 0.29) is 6.61 Å². The minimum absolute atomic E-state index is 0.245. The molecule has 18 heavy (non-hydrogen) atoms. The number of aliphatic hydroxyl groups excluding tert-OH is 1. The van der Waals surface area contributed by atoms with Crippen molar-refractivity contribution < 1.29 is 13.9 Å². The molecule has 0 atom stereocenters. The molecule has 2 aromatic heterocycles. The fourth-order valence-electron chi connectivity index (χ4n) is 1.91. The van der Waals surface area contributed by atoms with E-state index in [0.29, 0.717) is 0 Å². The van der Waals surface area contributed by atoms with E-state index in [4.69, 9.17) is 13.9 Å². The normalized spacial score (nSPS) is 11.2. The molecule has 4 nitrogen and oxygen atoms in total. The first-order chi connectivity index (χ1) is 8.88. The van der Waals surface area contributed by atoms with Gasteiger partial charge in [0.1, 0.15) is 11.5 Å². The maximum Gasteiger partial charge on any atom is 0.117 e. The molecule has 0 saturated heterocycles. The van der Waals surface area contributed by atoms with Crippen molar-refractivity contribution in [3.63, 3.8) is 0 Å². The van der Waals surface area contributed by atoms with E-state index in [2.05, 4.69) is 4.90 Å². The first kappa shape index (κ1) is 12.9. The standard InChI is InChI=1S/C14H19NO3/c16-8-2-1-7-15(11-13-5-3-9-17-13)12-14-6-4-10-18-14/h3-6,9-10,16H,1-2,7-8,11-12H2. The fourth-order valence-corrected chi connectivity index (χ4v) is 1.91. The molecule has 0 bridgehead atoms. The maximum atomic E-state index is 8.84. The zero-order valence-corrected chi connectivity index (χ0v) is 10.4. The Balaban J connectivity index is 1.89. The Morgan fingerprint density at radius 3 is 2.00 bits per heavy atom. The largest absolute Gasteiger partial charge is 0.468 e. The Kier molecular flexibility index (Phi) is 5.05. The van der Waals surface area contributed by atoms with E-state index in [1.165, 1.54) is 0 Å². The summed E-state index contributed by atoms with van der Waals surface area (Å²) < 4.78 is 10.7. The Bertz CT molecular complexity index is 372. The molecular weight excluding hydrogens is 230 g/mol. The van der Waals surface area contributed by atoms with Crippen LogP contribution in [0.15, 0.2) is 45.6 Å². The van der Waals surface area contributed by atoms with Crippen LogP contribution in [0.5, 0.6) is 0 Å². The number of aliphatic hydroxyl groups is 1. The SMILES string of the molecule is OCCCCN(Cc1ccco1)Cc1ccco1. The van der Waals surface area contributed by atoms with Crippen molar-refractivity contribution in [1.29, 1.82) is 0 Å². The van der Waals surface area contributed by atoms with Crippen LogP contribution in [0, 0.1) is 0 Å². The summed E-state index contributed by atoms with van der Waals surface area (Å²) in [4.78, 5) is 2.26.